The number of hydrogen-bond acceptors (Lipinski definition) is 6. The lowest BCUT2D eigenvalue weighted by Crippen LogP contribution is -2.22. The molecule has 1 aliphatic heterocycles. The van der Waals surface area contributed by atoms with Crippen molar-refractivity contribution in [2.24, 2.45) is 11.8 Å². The number of imidazole rings is 1. The number of hydrogen-bond donors (Lipinski definition) is 1. The van der Waals surface area contributed by atoms with Gasteiger partial charge in [0.2, 0.25) is 6.29 Å². The molecule has 2 aromatic rings. The minimum absolute atomic E-state index is 0.148. The molecule has 2 heterocycles. The van der Waals surface area contributed by atoms with E-state index in [1.165, 1.54) is 12.5 Å². The van der Waals surface area contributed by atoms with Crippen molar-refractivity contribution in [3.8, 4) is 5.69 Å². The summed E-state index contributed by atoms with van der Waals surface area (Å²) in [6, 6.07) is 8.19. The molecule has 2 atom stereocenters. The lowest BCUT2D eigenvalue weighted by Gasteiger charge is -2.20. The van der Waals surface area contributed by atoms with Crippen LogP contribution < -0.4 is 0 Å². The maximum atomic E-state index is 12.0. The minimum atomic E-state index is -0.928. The third-order valence-electron chi connectivity index (χ3n) is 5.98. The molecule has 184 valence electrons. The second-order valence-corrected chi connectivity index (χ2v) is 9.27. The molecule has 0 radical (unpaired) electrons. The number of carboxylic acids is 1. The highest BCUT2D eigenvalue weighted by atomic mass is 16.7. The smallest absolute Gasteiger partial charge is 0.309 e. The predicted molar refractivity (Wildman–Crippen MR) is 125 cm³/mol. The number of nitrogens with zero attached hydrogens (tertiary/aromatic N) is 2. The summed E-state index contributed by atoms with van der Waals surface area (Å²) in [7, 11) is 0. The van der Waals surface area contributed by atoms with Gasteiger partial charge in [-0.15, -0.1) is 0 Å². The van der Waals surface area contributed by atoms with E-state index in [0.29, 0.717) is 25.7 Å². The minimum Gasteiger partial charge on any atom is -0.481 e. The third kappa shape index (κ3) is 6.92. The molecule has 0 fully saturated rings. The molecular formula is C26H34N2O6. The Morgan fingerprint density at radius 1 is 1.06 bits per heavy atom. The zero-order valence-electron chi connectivity index (χ0n) is 20.2. The van der Waals surface area contributed by atoms with E-state index in [1.807, 2.05) is 26.0 Å². The molecule has 0 aliphatic carbocycles. The topological polar surface area (TPSA) is 108 Å². The highest BCUT2D eigenvalue weighted by molar-refractivity contribution is 5.72. The quantitative estimate of drug-likeness (QED) is 0.281. The van der Waals surface area contributed by atoms with E-state index >= 15 is 0 Å². The number of carbonyl (C=O) groups is 3. The van der Waals surface area contributed by atoms with Crippen molar-refractivity contribution in [1.82, 2.24) is 9.55 Å². The molecule has 0 bridgehead atoms. The highest BCUT2D eigenvalue weighted by Gasteiger charge is 2.25. The van der Waals surface area contributed by atoms with Gasteiger partial charge >= 0.3 is 17.9 Å². The first-order valence-corrected chi connectivity index (χ1v) is 12.0. The largest absolute Gasteiger partial charge is 0.481 e. The van der Waals surface area contributed by atoms with Crippen molar-refractivity contribution in [3.05, 3.63) is 47.5 Å². The van der Waals surface area contributed by atoms with Gasteiger partial charge in [0.25, 0.3) is 0 Å². The van der Waals surface area contributed by atoms with Crippen molar-refractivity contribution in [2.45, 2.75) is 78.4 Å². The average Bonchev–Trinajstić information content (AvgIpc) is 3.18. The van der Waals surface area contributed by atoms with Crippen LogP contribution in [-0.2, 0) is 43.1 Å². The van der Waals surface area contributed by atoms with Gasteiger partial charge < -0.3 is 19.1 Å². The Bertz CT molecular complexity index is 1010. The summed E-state index contributed by atoms with van der Waals surface area (Å²) < 4.78 is 12.3. The molecule has 0 spiro atoms. The molecule has 3 rings (SSSR count). The first-order valence-electron chi connectivity index (χ1n) is 12.0. The Morgan fingerprint density at radius 3 is 2.53 bits per heavy atom. The summed E-state index contributed by atoms with van der Waals surface area (Å²) in [5.41, 5.74) is 4.29. The predicted octanol–water partition coefficient (Wildman–Crippen LogP) is 4.25. The van der Waals surface area contributed by atoms with Crippen molar-refractivity contribution in [3.63, 3.8) is 0 Å². The summed E-state index contributed by atoms with van der Waals surface area (Å²) in [4.78, 5) is 40.1. The molecular weight excluding hydrogens is 436 g/mol. The molecule has 0 amide bonds. The van der Waals surface area contributed by atoms with E-state index in [0.717, 1.165) is 29.9 Å². The molecule has 1 aromatic heterocycles. The van der Waals surface area contributed by atoms with Crippen molar-refractivity contribution >= 4 is 17.9 Å². The van der Waals surface area contributed by atoms with E-state index in [1.54, 1.807) is 6.33 Å². The van der Waals surface area contributed by atoms with E-state index in [9.17, 15) is 19.5 Å². The van der Waals surface area contributed by atoms with Crippen LogP contribution in [0.2, 0.25) is 0 Å². The Morgan fingerprint density at radius 2 is 1.79 bits per heavy atom. The van der Waals surface area contributed by atoms with Gasteiger partial charge in [0.1, 0.15) is 0 Å². The zero-order valence-corrected chi connectivity index (χ0v) is 20.2. The maximum absolute atomic E-state index is 12.0. The average molecular weight is 471 g/mol. The number of esters is 2. The molecule has 1 unspecified atom stereocenters. The second-order valence-electron chi connectivity index (χ2n) is 9.27. The molecule has 1 N–H and O–H groups in total. The van der Waals surface area contributed by atoms with Crippen LogP contribution in [0, 0.1) is 11.8 Å². The molecule has 34 heavy (non-hydrogen) atoms. The third-order valence-corrected chi connectivity index (χ3v) is 5.98. The van der Waals surface area contributed by atoms with E-state index in [-0.39, 0.29) is 18.8 Å². The fourth-order valence-electron chi connectivity index (χ4n) is 4.30. The van der Waals surface area contributed by atoms with Crippen molar-refractivity contribution < 1.29 is 29.0 Å². The lowest BCUT2D eigenvalue weighted by molar-refractivity contribution is -0.185. The number of rotatable bonds is 12. The normalized spacial score (nSPS) is 14.1. The van der Waals surface area contributed by atoms with Gasteiger partial charge in [-0.3, -0.25) is 14.4 Å². The fraction of sp³-hybridized carbons (Fsp3) is 0.538. The van der Waals surface area contributed by atoms with E-state index < -0.39 is 30.1 Å². The zero-order chi connectivity index (χ0) is 24.7. The first-order chi connectivity index (χ1) is 16.2. The highest BCUT2D eigenvalue weighted by Crippen LogP contribution is 2.28. The van der Waals surface area contributed by atoms with Crippen LogP contribution in [0.15, 0.2) is 30.6 Å². The molecule has 0 saturated carbocycles. The van der Waals surface area contributed by atoms with Gasteiger partial charge in [0.15, 0.2) is 0 Å². The standard InChI is InChI=1S/C26H34N2O6/c1-17(2)14-25(30)34-18(3)33-24(29)11-7-5-9-20(26(31)32)15-21-23-13-12-19-8-4-6-10-22(19)28(23)16-27-21/h4,6,8,10,16-18,20H,5,7,9,11-15H2,1-3H3,(H,31,32)/t18?,20-/m0/s1. The summed E-state index contributed by atoms with van der Waals surface area (Å²) in [6.45, 7) is 5.33. The summed E-state index contributed by atoms with van der Waals surface area (Å²) in [5, 5.41) is 9.73. The Hall–Kier alpha value is -3.16. The number of aryl methyl sites for hydroxylation is 1. The molecule has 8 heteroatoms. The van der Waals surface area contributed by atoms with E-state index in [4.69, 9.17) is 9.47 Å². The van der Waals surface area contributed by atoms with Crippen LogP contribution in [-0.4, -0.2) is 38.9 Å². The monoisotopic (exact) mass is 470 g/mol. The van der Waals surface area contributed by atoms with Gasteiger partial charge in [-0.1, -0.05) is 38.5 Å². The maximum Gasteiger partial charge on any atom is 0.309 e. The molecule has 1 aromatic carbocycles. The number of benzene rings is 1. The van der Waals surface area contributed by atoms with E-state index in [2.05, 4.69) is 21.7 Å². The Kier molecular flexibility index (Phi) is 8.85. The van der Waals surface area contributed by atoms with Crippen molar-refractivity contribution in [1.29, 1.82) is 0 Å². The van der Waals surface area contributed by atoms with Gasteiger partial charge in [0.05, 0.1) is 17.9 Å². The van der Waals surface area contributed by atoms with Gasteiger partial charge in [0, 0.05) is 37.6 Å². The Labute approximate surface area is 200 Å². The number of ether oxygens (including phenoxy) is 2. The second kappa shape index (κ2) is 11.8. The van der Waals surface area contributed by atoms with Crippen LogP contribution in [0.5, 0.6) is 0 Å². The lowest BCUT2D eigenvalue weighted by atomic mass is 9.93. The summed E-state index contributed by atoms with van der Waals surface area (Å²) >= 11 is 0. The van der Waals surface area contributed by atoms with Gasteiger partial charge in [-0.2, -0.15) is 0 Å². The van der Waals surface area contributed by atoms with Crippen molar-refractivity contribution in [2.75, 3.05) is 0 Å². The molecule has 1 aliphatic rings. The van der Waals surface area contributed by atoms with Crippen LogP contribution in [0.1, 0.15) is 69.8 Å². The number of fused-ring (bicyclic) bond motifs is 3. The number of carboxylic acid groups (broad SMARTS) is 1. The summed E-state index contributed by atoms with van der Waals surface area (Å²) in [5.74, 6) is -2.11. The summed E-state index contributed by atoms with van der Waals surface area (Å²) in [6.07, 6.45) is 4.92. The van der Waals surface area contributed by atoms with Gasteiger partial charge in [-0.25, -0.2) is 4.98 Å². The number of para-hydroxylation sites is 1. The fourth-order valence-corrected chi connectivity index (χ4v) is 4.30. The van der Waals surface area contributed by atoms with Crippen LogP contribution in [0.4, 0.5) is 0 Å². The number of carbonyl (C=O) groups excluding carboxylic acids is 2. The Balaban J connectivity index is 1.46. The van der Waals surface area contributed by atoms with Gasteiger partial charge in [-0.05, 0) is 43.2 Å². The number of unbranched alkanes of at least 4 members (excludes halogenated alkanes) is 1. The molecule has 0 saturated heterocycles. The number of aliphatic carboxylic acids is 1. The van der Waals surface area contributed by atoms with Crippen LogP contribution >= 0.6 is 0 Å². The van der Waals surface area contributed by atoms with Crippen LogP contribution in [0.3, 0.4) is 0 Å². The SMILES string of the molecule is CC(C)CC(=O)OC(C)OC(=O)CCCC[C@@H](Cc1ncn2c1CCc1ccccc1-2)C(=O)O. The molecule has 8 nitrogen and oxygen atoms in total. The first kappa shape index (κ1) is 25.5. The number of aromatic nitrogens is 2. The van der Waals surface area contributed by atoms with Crippen LogP contribution in [0.25, 0.3) is 5.69 Å².